The fraction of sp³-hybridized carbons (Fsp3) is 0.556. The molecule has 1 aromatic carbocycles. The molecule has 1 N–H and O–H groups in total. The molecular weight excluding hydrogens is 296 g/mol. The largest absolute Gasteiger partial charge is 0.285 e. The van der Waals surface area contributed by atoms with Crippen LogP contribution in [0, 0.1) is 0 Å². The normalized spacial score (nSPS) is 17.1. The number of aryl methyl sites for hydroxylation is 1. The molecule has 0 aliphatic heterocycles. The monoisotopic (exact) mass is 322 g/mol. The third-order valence-corrected chi connectivity index (χ3v) is 5.00. The van der Waals surface area contributed by atoms with Gasteiger partial charge >= 0.3 is 0 Å². The number of hydrogen-bond acceptors (Lipinski definition) is 2. The van der Waals surface area contributed by atoms with Crippen LogP contribution in [0.5, 0.6) is 0 Å². The van der Waals surface area contributed by atoms with Gasteiger partial charge in [0.2, 0.25) is 0 Å². The van der Waals surface area contributed by atoms with Gasteiger partial charge < -0.3 is 0 Å². The lowest BCUT2D eigenvalue weighted by molar-refractivity contribution is 0.441. The minimum atomic E-state index is -3.87. The van der Waals surface area contributed by atoms with Crippen molar-refractivity contribution in [2.75, 3.05) is 5.75 Å². The molecule has 1 fully saturated rings. The van der Waals surface area contributed by atoms with E-state index < -0.39 is 10.1 Å². The molecule has 0 unspecified atom stereocenters. The molecule has 22 heavy (non-hydrogen) atoms. The predicted octanol–water partition coefficient (Wildman–Crippen LogP) is 4.50. The Kier molecular flexibility index (Phi) is 6.65. The maximum atomic E-state index is 10.6. The van der Waals surface area contributed by atoms with Gasteiger partial charge in [0.15, 0.2) is 0 Å². The summed E-state index contributed by atoms with van der Waals surface area (Å²) >= 11 is 0. The van der Waals surface area contributed by atoms with Gasteiger partial charge in [-0.25, -0.2) is 0 Å². The maximum absolute atomic E-state index is 10.6. The summed E-state index contributed by atoms with van der Waals surface area (Å²) in [6, 6.07) is 8.75. The predicted molar refractivity (Wildman–Crippen MR) is 90.8 cm³/mol. The first-order valence-electron chi connectivity index (χ1n) is 8.24. The van der Waals surface area contributed by atoms with Crippen LogP contribution >= 0.6 is 0 Å². The Bertz CT molecular complexity index is 584. The lowest BCUT2D eigenvalue weighted by atomic mass is 9.81. The van der Waals surface area contributed by atoms with Crippen LogP contribution in [0.1, 0.15) is 62.0 Å². The molecular formula is C18H26O3S. The van der Waals surface area contributed by atoms with Crippen LogP contribution in [-0.4, -0.2) is 18.7 Å². The molecule has 1 aliphatic rings. The van der Waals surface area contributed by atoms with Gasteiger partial charge in [-0.05, 0) is 49.1 Å². The fourth-order valence-electron chi connectivity index (χ4n) is 3.29. The average Bonchev–Trinajstić information content (AvgIpc) is 2.51. The summed E-state index contributed by atoms with van der Waals surface area (Å²) < 4.78 is 29.9. The summed E-state index contributed by atoms with van der Waals surface area (Å²) in [6.07, 6.45) is 12.9. The van der Waals surface area contributed by atoms with Crippen molar-refractivity contribution in [3.8, 4) is 0 Å². The number of allylic oxidation sites excluding steroid dienone is 1. The van der Waals surface area contributed by atoms with Gasteiger partial charge in [-0.1, -0.05) is 55.7 Å². The zero-order valence-electron chi connectivity index (χ0n) is 13.1. The molecule has 4 heteroatoms. The van der Waals surface area contributed by atoms with Crippen LogP contribution in [0.4, 0.5) is 0 Å². The van der Waals surface area contributed by atoms with E-state index >= 15 is 0 Å². The van der Waals surface area contributed by atoms with Crippen LogP contribution in [0.25, 0.3) is 0 Å². The van der Waals surface area contributed by atoms with E-state index in [1.807, 2.05) is 6.08 Å². The highest BCUT2D eigenvalue weighted by Crippen LogP contribution is 2.34. The summed E-state index contributed by atoms with van der Waals surface area (Å²) in [7, 11) is -3.87. The van der Waals surface area contributed by atoms with Crippen molar-refractivity contribution >= 4 is 10.1 Å². The first-order valence-corrected chi connectivity index (χ1v) is 9.85. The molecule has 0 aromatic heterocycles. The molecule has 3 nitrogen and oxygen atoms in total. The van der Waals surface area contributed by atoms with E-state index in [-0.39, 0.29) is 5.75 Å². The topological polar surface area (TPSA) is 54.4 Å². The first-order chi connectivity index (χ1) is 10.6. The second kappa shape index (κ2) is 8.49. The standard InChI is InChI=1S/C18H26O3S/c19-22(20,21)15-9-2-1-4-10-17-13-7-8-14-18(17)16-11-5-3-6-12-16/h2,7-9,13-14,16H,1,3-6,10-12,15H2,(H,19,20,21). The number of rotatable bonds is 7. The summed E-state index contributed by atoms with van der Waals surface area (Å²) in [5, 5.41) is 0. The Morgan fingerprint density at radius 3 is 2.55 bits per heavy atom. The zero-order chi connectivity index (χ0) is 15.8. The first kappa shape index (κ1) is 17.2. The number of unbranched alkanes of at least 4 members (excludes halogenated alkanes) is 1. The van der Waals surface area contributed by atoms with Crippen molar-refractivity contribution in [3.05, 3.63) is 47.5 Å². The van der Waals surface area contributed by atoms with Crippen molar-refractivity contribution in [3.63, 3.8) is 0 Å². The molecule has 0 amide bonds. The summed E-state index contributed by atoms with van der Waals surface area (Å²) in [5.74, 6) is 0.436. The van der Waals surface area contributed by atoms with Crippen LogP contribution < -0.4 is 0 Å². The molecule has 2 rings (SSSR count). The Labute approximate surface area is 134 Å². The van der Waals surface area contributed by atoms with E-state index in [9.17, 15) is 8.42 Å². The third-order valence-electron chi connectivity index (χ3n) is 4.39. The number of benzene rings is 1. The van der Waals surface area contributed by atoms with Gasteiger partial charge in [0.25, 0.3) is 10.1 Å². The molecule has 1 aromatic rings. The molecule has 0 atom stereocenters. The highest BCUT2D eigenvalue weighted by Gasteiger charge is 2.17. The summed E-state index contributed by atoms with van der Waals surface area (Å²) in [4.78, 5) is 0. The Hall–Kier alpha value is -1.13. The van der Waals surface area contributed by atoms with Crippen LogP contribution in [0.2, 0.25) is 0 Å². The van der Waals surface area contributed by atoms with E-state index in [0.717, 1.165) is 25.2 Å². The molecule has 0 saturated heterocycles. The lowest BCUT2D eigenvalue weighted by Crippen LogP contribution is -2.07. The fourth-order valence-corrected chi connectivity index (χ4v) is 3.67. The zero-order valence-corrected chi connectivity index (χ0v) is 13.9. The quantitative estimate of drug-likeness (QED) is 0.457. The van der Waals surface area contributed by atoms with Gasteiger partial charge in [0.1, 0.15) is 0 Å². The van der Waals surface area contributed by atoms with E-state index in [0.29, 0.717) is 0 Å². The molecule has 0 heterocycles. The van der Waals surface area contributed by atoms with Crippen LogP contribution in [-0.2, 0) is 16.5 Å². The third kappa shape index (κ3) is 5.93. The Morgan fingerprint density at radius 2 is 1.82 bits per heavy atom. The van der Waals surface area contributed by atoms with Gasteiger partial charge in [-0.2, -0.15) is 8.42 Å². The van der Waals surface area contributed by atoms with E-state index in [2.05, 4.69) is 24.3 Å². The second-order valence-electron chi connectivity index (χ2n) is 6.15. The molecule has 1 saturated carbocycles. The molecule has 0 radical (unpaired) electrons. The maximum Gasteiger partial charge on any atom is 0.268 e. The smallest absolute Gasteiger partial charge is 0.268 e. The van der Waals surface area contributed by atoms with Crippen LogP contribution in [0.15, 0.2) is 36.4 Å². The van der Waals surface area contributed by atoms with Crippen LogP contribution in [0.3, 0.4) is 0 Å². The summed E-state index contributed by atoms with van der Waals surface area (Å²) in [5.41, 5.74) is 2.96. The van der Waals surface area contributed by atoms with E-state index in [4.69, 9.17) is 4.55 Å². The highest BCUT2D eigenvalue weighted by molar-refractivity contribution is 7.85. The minimum absolute atomic E-state index is 0.286. The average molecular weight is 322 g/mol. The van der Waals surface area contributed by atoms with Crippen molar-refractivity contribution < 1.29 is 13.0 Å². The van der Waals surface area contributed by atoms with E-state index in [1.54, 1.807) is 0 Å². The summed E-state index contributed by atoms with van der Waals surface area (Å²) in [6.45, 7) is 0. The van der Waals surface area contributed by atoms with Gasteiger partial charge in [0.05, 0.1) is 5.75 Å². The lowest BCUT2D eigenvalue weighted by Gasteiger charge is -2.24. The molecule has 1 aliphatic carbocycles. The minimum Gasteiger partial charge on any atom is -0.285 e. The van der Waals surface area contributed by atoms with Crippen molar-refractivity contribution in [2.45, 2.75) is 57.3 Å². The van der Waals surface area contributed by atoms with Gasteiger partial charge in [-0.15, -0.1) is 0 Å². The van der Waals surface area contributed by atoms with Gasteiger partial charge in [-0.3, -0.25) is 4.55 Å². The molecule has 0 bridgehead atoms. The van der Waals surface area contributed by atoms with Crippen molar-refractivity contribution in [2.24, 2.45) is 0 Å². The molecule has 122 valence electrons. The Morgan fingerprint density at radius 1 is 1.09 bits per heavy atom. The van der Waals surface area contributed by atoms with Gasteiger partial charge in [0, 0.05) is 0 Å². The highest BCUT2D eigenvalue weighted by atomic mass is 32.2. The SMILES string of the molecule is O=S(=O)(O)CC=CCCCc1ccccc1C1CCCCC1. The second-order valence-corrected chi connectivity index (χ2v) is 7.64. The van der Waals surface area contributed by atoms with Crippen molar-refractivity contribution in [1.29, 1.82) is 0 Å². The molecule has 0 spiro atoms. The Balaban J connectivity index is 1.85. The van der Waals surface area contributed by atoms with E-state index in [1.165, 1.54) is 49.3 Å². The van der Waals surface area contributed by atoms with Crippen molar-refractivity contribution in [1.82, 2.24) is 0 Å². The number of hydrogen-bond donors (Lipinski definition) is 1.